The first kappa shape index (κ1) is 10.8. The molecule has 0 fully saturated rings. The van der Waals surface area contributed by atoms with Gasteiger partial charge in [-0.25, -0.2) is 0 Å². The summed E-state index contributed by atoms with van der Waals surface area (Å²) in [6, 6.07) is 2.30. The van der Waals surface area contributed by atoms with Crippen LogP contribution in [0.2, 0.25) is 0 Å². The third-order valence-electron chi connectivity index (χ3n) is 1.45. The van der Waals surface area contributed by atoms with Gasteiger partial charge in [-0.05, 0) is 31.4 Å². The van der Waals surface area contributed by atoms with E-state index in [1.165, 1.54) is 0 Å². The largest absolute Gasteiger partial charge is 0.302 e. The van der Waals surface area contributed by atoms with Crippen LogP contribution in [0, 0.1) is 11.3 Å². The molecule has 0 amide bonds. The van der Waals surface area contributed by atoms with E-state index in [2.05, 4.69) is 17.6 Å². The van der Waals surface area contributed by atoms with Crippen LogP contribution in [0.3, 0.4) is 0 Å². The molecule has 0 rings (SSSR count). The van der Waals surface area contributed by atoms with Crippen LogP contribution in [0.15, 0.2) is 0 Å². The minimum absolute atomic E-state index is 0.0622. The Labute approximate surface area is 73.4 Å². The lowest BCUT2D eigenvalue weighted by Crippen LogP contribution is -2.27. The number of rotatable bonds is 6. The van der Waals surface area contributed by atoms with Gasteiger partial charge < -0.3 is 5.32 Å². The molecule has 1 atom stereocenters. The normalized spacial score (nSPS) is 12.5. The van der Waals surface area contributed by atoms with Crippen molar-refractivity contribution in [1.29, 1.82) is 5.26 Å². The quantitative estimate of drug-likeness (QED) is 0.619. The summed E-state index contributed by atoms with van der Waals surface area (Å²) in [4.78, 5) is 0. The van der Waals surface area contributed by atoms with Crippen molar-refractivity contribution in [3.8, 4) is 6.07 Å². The van der Waals surface area contributed by atoms with Gasteiger partial charge in [-0.2, -0.15) is 17.0 Å². The van der Waals surface area contributed by atoms with Crippen molar-refractivity contribution >= 4 is 11.8 Å². The van der Waals surface area contributed by atoms with Crippen molar-refractivity contribution < 1.29 is 0 Å². The van der Waals surface area contributed by atoms with Crippen LogP contribution in [0.5, 0.6) is 0 Å². The van der Waals surface area contributed by atoms with Crippen LogP contribution in [0.1, 0.15) is 19.8 Å². The molecular weight excluding hydrogens is 156 g/mol. The van der Waals surface area contributed by atoms with E-state index in [4.69, 9.17) is 5.26 Å². The lowest BCUT2D eigenvalue weighted by Gasteiger charge is -2.07. The highest BCUT2D eigenvalue weighted by Crippen LogP contribution is 2.02. The van der Waals surface area contributed by atoms with Gasteiger partial charge in [-0.3, -0.25) is 0 Å². The number of nitrogens with one attached hydrogen (secondary N) is 1. The van der Waals surface area contributed by atoms with E-state index in [0.29, 0.717) is 0 Å². The zero-order valence-corrected chi connectivity index (χ0v) is 8.08. The fourth-order valence-corrected chi connectivity index (χ4v) is 1.35. The molecule has 2 nitrogen and oxygen atoms in total. The summed E-state index contributed by atoms with van der Waals surface area (Å²) in [5.41, 5.74) is 0. The fourth-order valence-electron chi connectivity index (χ4n) is 0.890. The van der Waals surface area contributed by atoms with Crippen molar-refractivity contribution in [2.24, 2.45) is 0 Å². The first-order valence-electron chi connectivity index (χ1n) is 3.97. The van der Waals surface area contributed by atoms with Gasteiger partial charge in [0.05, 0.1) is 12.1 Å². The van der Waals surface area contributed by atoms with Gasteiger partial charge in [0.1, 0.15) is 0 Å². The van der Waals surface area contributed by atoms with Crippen molar-refractivity contribution in [1.82, 2.24) is 5.32 Å². The van der Waals surface area contributed by atoms with Crippen LogP contribution < -0.4 is 5.32 Å². The lowest BCUT2D eigenvalue weighted by molar-refractivity contribution is 0.578. The van der Waals surface area contributed by atoms with Crippen LogP contribution in [-0.2, 0) is 0 Å². The van der Waals surface area contributed by atoms with Gasteiger partial charge >= 0.3 is 0 Å². The summed E-state index contributed by atoms with van der Waals surface area (Å²) in [6.45, 7) is 2.91. The third kappa shape index (κ3) is 6.21. The van der Waals surface area contributed by atoms with Gasteiger partial charge in [0.25, 0.3) is 0 Å². The van der Waals surface area contributed by atoms with Gasteiger partial charge in [-0.1, -0.05) is 6.92 Å². The molecule has 0 radical (unpaired) electrons. The molecule has 0 aliphatic heterocycles. The molecule has 0 saturated heterocycles. The average molecular weight is 172 g/mol. The first-order chi connectivity index (χ1) is 5.35. The first-order valence-corrected chi connectivity index (χ1v) is 5.36. The highest BCUT2D eigenvalue weighted by molar-refractivity contribution is 7.98. The minimum Gasteiger partial charge on any atom is -0.302 e. The predicted molar refractivity (Wildman–Crippen MR) is 50.7 cm³/mol. The second-order valence-corrected chi connectivity index (χ2v) is 3.36. The van der Waals surface area contributed by atoms with E-state index in [1.807, 2.05) is 18.7 Å². The standard InChI is InChI=1S/C8H16N2S/c1-3-10-8(7-9)5-4-6-11-2/h8,10H,3-6H2,1-2H3. The van der Waals surface area contributed by atoms with Crippen LogP contribution >= 0.6 is 11.8 Å². The average Bonchev–Trinajstić information content (AvgIpc) is 2.03. The molecule has 0 aliphatic carbocycles. The Balaban J connectivity index is 3.30. The SMILES string of the molecule is CCNC(C#N)CCCSC. The van der Waals surface area contributed by atoms with Crippen LogP contribution in [-0.4, -0.2) is 24.6 Å². The molecule has 1 N–H and O–H groups in total. The summed E-state index contributed by atoms with van der Waals surface area (Å²) in [5, 5.41) is 11.8. The molecule has 0 aromatic carbocycles. The molecule has 0 aliphatic rings. The monoisotopic (exact) mass is 172 g/mol. The van der Waals surface area contributed by atoms with Gasteiger partial charge in [0.15, 0.2) is 0 Å². The topological polar surface area (TPSA) is 35.8 Å². The smallest absolute Gasteiger partial charge is 0.0953 e. The number of thioether (sulfide) groups is 1. The van der Waals surface area contributed by atoms with E-state index in [9.17, 15) is 0 Å². The van der Waals surface area contributed by atoms with E-state index in [-0.39, 0.29) is 6.04 Å². The Bertz CT molecular complexity index is 120. The third-order valence-corrected chi connectivity index (χ3v) is 2.14. The Hall–Kier alpha value is -0.200. The molecule has 0 bridgehead atoms. The van der Waals surface area contributed by atoms with Crippen LogP contribution in [0.25, 0.3) is 0 Å². The maximum atomic E-state index is 8.64. The molecule has 3 heteroatoms. The molecule has 0 saturated carbocycles. The summed E-state index contributed by atoms with van der Waals surface area (Å²) in [6.07, 6.45) is 4.20. The molecule has 0 heterocycles. The number of hydrogen-bond donors (Lipinski definition) is 1. The van der Waals surface area contributed by atoms with E-state index >= 15 is 0 Å². The summed E-state index contributed by atoms with van der Waals surface area (Å²) in [5.74, 6) is 1.16. The second kappa shape index (κ2) is 7.90. The predicted octanol–water partition coefficient (Wildman–Crippen LogP) is 1.63. The van der Waals surface area contributed by atoms with E-state index in [0.717, 1.165) is 25.1 Å². The molecular formula is C8H16N2S. The van der Waals surface area contributed by atoms with Crippen molar-refractivity contribution in [3.63, 3.8) is 0 Å². The molecule has 64 valence electrons. The highest BCUT2D eigenvalue weighted by atomic mass is 32.2. The second-order valence-electron chi connectivity index (χ2n) is 2.37. The van der Waals surface area contributed by atoms with Crippen molar-refractivity contribution in [2.45, 2.75) is 25.8 Å². The zero-order valence-electron chi connectivity index (χ0n) is 7.26. The Kier molecular flexibility index (Phi) is 7.76. The fraction of sp³-hybridized carbons (Fsp3) is 0.875. The number of nitrogens with zero attached hydrogens (tertiary/aromatic N) is 1. The van der Waals surface area contributed by atoms with Crippen LogP contribution in [0.4, 0.5) is 0 Å². The van der Waals surface area contributed by atoms with E-state index in [1.54, 1.807) is 0 Å². The summed E-state index contributed by atoms with van der Waals surface area (Å²) >= 11 is 1.83. The summed E-state index contributed by atoms with van der Waals surface area (Å²) in [7, 11) is 0. The molecule has 0 aromatic heterocycles. The minimum atomic E-state index is 0.0622. The maximum Gasteiger partial charge on any atom is 0.0953 e. The maximum absolute atomic E-state index is 8.64. The van der Waals surface area contributed by atoms with E-state index < -0.39 is 0 Å². The zero-order chi connectivity index (χ0) is 8.53. The lowest BCUT2D eigenvalue weighted by atomic mass is 10.2. The molecule has 1 unspecified atom stereocenters. The number of nitriles is 1. The van der Waals surface area contributed by atoms with Crippen molar-refractivity contribution in [3.05, 3.63) is 0 Å². The Morgan fingerprint density at radius 2 is 2.36 bits per heavy atom. The van der Waals surface area contributed by atoms with Gasteiger partial charge in [0.2, 0.25) is 0 Å². The Morgan fingerprint density at radius 3 is 2.82 bits per heavy atom. The molecule has 0 aromatic rings. The van der Waals surface area contributed by atoms with Crippen molar-refractivity contribution in [2.75, 3.05) is 18.6 Å². The molecule has 0 spiro atoms. The number of hydrogen-bond acceptors (Lipinski definition) is 3. The summed E-state index contributed by atoms with van der Waals surface area (Å²) < 4.78 is 0. The van der Waals surface area contributed by atoms with Gasteiger partial charge in [-0.15, -0.1) is 0 Å². The van der Waals surface area contributed by atoms with Gasteiger partial charge in [0, 0.05) is 0 Å². The molecule has 11 heavy (non-hydrogen) atoms. The Morgan fingerprint density at radius 1 is 1.64 bits per heavy atom. The highest BCUT2D eigenvalue weighted by Gasteiger charge is 2.02.